The van der Waals surface area contributed by atoms with Crippen LogP contribution in [0.4, 0.5) is 23.7 Å². The number of nitrogens with one attached hydrogen (secondary N) is 2. The largest absolute Gasteiger partial charge is 0.453 e. The van der Waals surface area contributed by atoms with E-state index < -0.39 is 29.8 Å². The van der Waals surface area contributed by atoms with Crippen LogP contribution in [0.15, 0.2) is 24.3 Å². The van der Waals surface area contributed by atoms with Gasteiger partial charge < -0.3 is 14.5 Å². The van der Waals surface area contributed by atoms with Gasteiger partial charge in [0, 0.05) is 5.69 Å². The number of carbonyl (C=O) groups is 2. The molecule has 1 aromatic carbocycles. The molecule has 2 rings (SSSR count). The van der Waals surface area contributed by atoms with Gasteiger partial charge in [0.1, 0.15) is 0 Å². The standard InChI is InChI=1S/C16H20F3N3O3/c1-11(14(23)20-15(24)25-2)21-6-8-22(9-7-21)13-5-3-4-12(10-13)16(17,18)19/h3-5,10-11H,6-9H2,1-2H3,(H,20,23,24)/p+1/t11-/m1/s1. The quantitative estimate of drug-likeness (QED) is 0.832. The van der Waals surface area contributed by atoms with E-state index in [0.717, 1.165) is 17.0 Å². The van der Waals surface area contributed by atoms with Gasteiger partial charge in [-0.3, -0.25) is 10.1 Å². The number of quaternary nitrogens is 1. The number of anilines is 1. The van der Waals surface area contributed by atoms with Gasteiger partial charge in [-0.15, -0.1) is 0 Å². The molecule has 0 bridgehead atoms. The number of hydrogen-bond donors (Lipinski definition) is 2. The van der Waals surface area contributed by atoms with Crippen molar-refractivity contribution >= 4 is 17.7 Å². The zero-order valence-electron chi connectivity index (χ0n) is 14.0. The Labute approximate surface area is 143 Å². The fourth-order valence-electron chi connectivity index (χ4n) is 2.81. The third kappa shape index (κ3) is 4.85. The molecule has 25 heavy (non-hydrogen) atoms. The molecule has 0 spiro atoms. The minimum atomic E-state index is -4.37. The number of nitrogens with zero attached hydrogens (tertiary/aromatic N) is 1. The molecule has 0 aromatic heterocycles. The molecule has 6 nitrogen and oxygen atoms in total. The average Bonchev–Trinajstić information content (AvgIpc) is 2.60. The minimum Gasteiger partial charge on any atom is -0.453 e. The van der Waals surface area contributed by atoms with Gasteiger partial charge in [-0.1, -0.05) is 6.07 Å². The van der Waals surface area contributed by atoms with Gasteiger partial charge in [0.2, 0.25) is 0 Å². The zero-order valence-corrected chi connectivity index (χ0v) is 14.0. The number of amides is 2. The lowest BCUT2D eigenvalue weighted by molar-refractivity contribution is -0.914. The Morgan fingerprint density at radius 1 is 1.28 bits per heavy atom. The summed E-state index contributed by atoms with van der Waals surface area (Å²) in [5.41, 5.74) is -0.161. The van der Waals surface area contributed by atoms with E-state index >= 15 is 0 Å². The number of hydrogen-bond acceptors (Lipinski definition) is 4. The topological polar surface area (TPSA) is 63.1 Å². The van der Waals surface area contributed by atoms with Crippen LogP contribution >= 0.6 is 0 Å². The normalized spacial score (nSPS) is 17.1. The highest BCUT2D eigenvalue weighted by molar-refractivity contribution is 5.93. The highest BCUT2D eigenvalue weighted by Crippen LogP contribution is 2.31. The monoisotopic (exact) mass is 360 g/mol. The molecule has 0 radical (unpaired) electrons. The van der Waals surface area contributed by atoms with Gasteiger partial charge in [-0.2, -0.15) is 13.2 Å². The lowest BCUT2D eigenvalue weighted by Gasteiger charge is -2.36. The van der Waals surface area contributed by atoms with E-state index in [-0.39, 0.29) is 0 Å². The molecule has 0 aliphatic carbocycles. The van der Waals surface area contributed by atoms with Gasteiger partial charge in [0.05, 0.1) is 38.9 Å². The van der Waals surface area contributed by atoms with E-state index in [9.17, 15) is 22.8 Å². The Hall–Kier alpha value is -2.29. The number of alkyl carbamates (subject to hydrolysis) is 1. The zero-order chi connectivity index (χ0) is 18.6. The fourth-order valence-corrected chi connectivity index (χ4v) is 2.81. The molecule has 138 valence electrons. The summed E-state index contributed by atoms with van der Waals surface area (Å²) in [6, 6.07) is 4.77. The Bertz CT molecular complexity index is 629. The smallest absolute Gasteiger partial charge is 0.416 e. The summed E-state index contributed by atoms with van der Waals surface area (Å²) in [5.74, 6) is -0.436. The van der Waals surface area contributed by atoms with Crippen LogP contribution in [-0.4, -0.2) is 51.3 Å². The van der Waals surface area contributed by atoms with Gasteiger partial charge in [-0.05, 0) is 25.1 Å². The van der Waals surface area contributed by atoms with Crippen molar-refractivity contribution in [2.75, 3.05) is 38.2 Å². The first-order valence-corrected chi connectivity index (χ1v) is 7.88. The van der Waals surface area contributed by atoms with E-state index in [1.165, 1.54) is 13.2 Å². The van der Waals surface area contributed by atoms with Crippen molar-refractivity contribution < 1.29 is 32.4 Å². The van der Waals surface area contributed by atoms with Gasteiger partial charge in [0.25, 0.3) is 5.91 Å². The molecule has 1 aliphatic rings. The maximum atomic E-state index is 12.8. The molecule has 9 heteroatoms. The molecule has 0 saturated carbocycles. The fraction of sp³-hybridized carbons (Fsp3) is 0.500. The SMILES string of the molecule is COC(=O)NC(=O)[C@@H](C)[NH+]1CCN(c2cccc(C(F)(F)F)c2)CC1. The molecule has 1 aliphatic heterocycles. The van der Waals surface area contributed by atoms with E-state index in [1.54, 1.807) is 13.0 Å². The summed E-state index contributed by atoms with van der Waals surface area (Å²) in [6.45, 7) is 3.89. The first-order chi connectivity index (χ1) is 11.7. The lowest BCUT2D eigenvalue weighted by atomic mass is 10.1. The molecule has 2 amide bonds. The molecule has 1 heterocycles. The third-order valence-corrected chi connectivity index (χ3v) is 4.36. The summed E-state index contributed by atoms with van der Waals surface area (Å²) >= 11 is 0. The molecular formula is C16H21F3N3O3+. The van der Waals surface area contributed by atoms with Crippen LogP contribution in [0.1, 0.15) is 12.5 Å². The van der Waals surface area contributed by atoms with Gasteiger partial charge in [0.15, 0.2) is 6.04 Å². The average molecular weight is 360 g/mol. The highest BCUT2D eigenvalue weighted by atomic mass is 19.4. The van der Waals surface area contributed by atoms with E-state index in [1.807, 2.05) is 4.90 Å². The van der Waals surface area contributed by atoms with E-state index in [4.69, 9.17) is 0 Å². The van der Waals surface area contributed by atoms with Crippen molar-refractivity contribution in [2.24, 2.45) is 0 Å². The van der Waals surface area contributed by atoms with Crippen molar-refractivity contribution in [1.29, 1.82) is 0 Å². The van der Waals surface area contributed by atoms with Crippen LogP contribution in [0, 0.1) is 0 Å². The second kappa shape index (κ2) is 7.73. The van der Waals surface area contributed by atoms with Crippen LogP contribution in [-0.2, 0) is 15.7 Å². The maximum Gasteiger partial charge on any atom is 0.416 e. The molecule has 1 atom stereocenters. The van der Waals surface area contributed by atoms with Crippen LogP contribution in [0.2, 0.25) is 0 Å². The Kier molecular flexibility index (Phi) is 5.89. The lowest BCUT2D eigenvalue weighted by Crippen LogP contribution is -3.19. The minimum absolute atomic E-state index is 0.436. The third-order valence-electron chi connectivity index (χ3n) is 4.36. The number of methoxy groups -OCH3 is 1. The van der Waals surface area contributed by atoms with Crippen LogP contribution in [0.3, 0.4) is 0 Å². The predicted octanol–water partition coefficient (Wildman–Crippen LogP) is 0.681. The summed E-state index contributed by atoms with van der Waals surface area (Å²) in [6.07, 6.45) is -5.18. The van der Waals surface area contributed by atoms with Gasteiger partial charge in [-0.25, -0.2) is 4.79 Å². The predicted molar refractivity (Wildman–Crippen MR) is 84.4 cm³/mol. The van der Waals surface area contributed by atoms with Crippen molar-refractivity contribution in [1.82, 2.24) is 5.32 Å². The van der Waals surface area contributed by atoms with Crippen LogP contribution < -0.4 is 15.1 Å². The number of alkyl halides is 3. The maximum absolute atomic E-state index is 12.8. The summed E-state index contributed by atoms with van der Waals surface area (Å²) in [7, 11) is 1.17. The highest BCUT2D eigenvalue weighted by Gasteiger charge is 2.33. The molecule has 0 unspecified atom stereocenters. The number of imide groups is 1. The number of carbonyl (C=O) groups excluding carboxylic acids is 2. The number of ether oxygens (including phenoxy) is 1. The van der Waals surface area contributed by atoms with E-state index in [2.05, 4.69) is 10.1 Å². The molecule has 2 N–H and O–H groups in total. The number of piperazine rings is 1. The van der Waals surface area contributed by atoms with Crippen LogP contribution in [0.5, 0.6) is 0 Å². The van der Waals surface area contributed by atoms with Crippen molar-refractivity contribution in [2.45, 2.75) is 19.1 Å². The molecule has 1 fully saturated rings. The van der Waals surface area contributed by atoms with Crippen molar-refractivity contribution in [3.8, 4) is 0 Å². The summed E-state index contributed by atoms with van der Waals surface area (Å²) in [4.78, 5) is 25.9. The Balaban J connectivity index is 1.95. The van der Waals surface area contributed by atoms with Gasteiger partial charge >= 0.3 is 12.3 Å². The van der Waals surface area contributed by atoms with Crippen molar-refractivity contribution in [3.63, 3.8) is 0 Å². The van der Waals surface area contributed by atoms with Crippen molar-refractivity contribution in [3.05, 3.63) is 29.8 Å². The molecule has 1 saturated heterocycles. The summed E-state index contributed by atoms with van der Waals surface area (Å²) < 4.78 is 42.9. The summed E-state index contributed by atoms with van der Waals surface area (Å²) in [5, 5.41) is 2.13. The number of benzene rings is 1. The molecule has 1 aromatic rings. The first kappa shape index (κ1) is 19.0. The first-order valence-electron chi connectivity index (χ1n) is 7.88. The molecular weight excluding hydrogens is 339 g/mol. The van der Waals surface area contributed by atoms with Crippen LogP contribution in [0.25, 0.3) is 0 Å². The number of halogens is 3. The van der Waals surface area contributed by atoms with E-state index in [0.29, 0.717) is 31.9 Å². The number of rotatable bonds is 3. The Morgan fingerprint density at radius 3 is 2.48 bits per heavy atom. The Morgan fingerprint density at radius 2 is 1.92 bits per heavy atom. The second-order valence-electron chi connectivity index (χ2n) is 5.90. The second-order valence-corrected chi connectivity index (χ2v) is 5.90.